The first-order valence-corrected chi connectivity index (χ1v) is 9.18. The van der Waals surface area contributed by atoms with Gasteiger partial charge in [-0.25, -0.2) is 9.67 Å². The molecule has 0 aliphatic rings. The Morgan fingerprint density at radius 1 is 1.21 bits per heavy atom. The number of amides is 1. The van der Waals surface area contributed by atoms with E-state index in [0.717, 1.165) is 34.1 Å². The number of carbonyl (C=O) groups is 1. The fourth-order valence-corrected chi connectivity index (χ4v) is 2.83. The number of methoxy groups -OCH3 is 1. The Bertz CT molecular complexity index is 1030. The van der Waals surface area contributed by atoms with E-state index in [0.29, 0.717) is 18.2 Å². The average Bonchev–Trinajstić information content (AvgIpc) is 3.06. The summed E-state index contributed by atoms with van der Waals surface area (Å²) >= 11 is 0. The van der Waals surface area contributed by atoms with Gasteiger partial charge in [-0.2, -0.15) is 10.1 Å². The van der Waals surface area contributed by atoms with Gasteiger partial charge < -0.3 is 20.7 Å². The zero-order chi connectivity index (χ0) is 21.0. The molecule has 152 valence electrons. The Kier molecular flexibility index (Phi) is 5.96. The Labute approximate surface area is 169 Å². The van der Waals surface area contributed by atoms with Crippen molar-refractivity contribution in [2.45, 2.75) is 27.3 Å². The number of nitrogens with zero attached hydrogens (tertiary/aromatic N) is 4. The molecule has 1 aromatic carbocycles. The summed E-state index contributed by atoms with van der Waals surface area (Å²) in [7, 11) is 3.43. The Balaban J connectivity index is 1.93. The number of hydrogen-bond donors (Lipinski definition) is 3. The highest BCUT2D eigenvalue weighted by Crippen LogP contribution is 2.28. The van der Waals surface area contributed by atoms with E-state index in [1.54, 1.807) is 11.8 Å². The first kappa shape index (κ1) is 20.1. The fraction of sp³-hybridized carbons (Fsp3) is 0.300. The second kappa shape index (κ2) is 8.59. The second-order valence-corrected chi connectivity index (χ2v) is 6.59. The second-order valence-electron chi connectivity index (χ2n) is 6.59. The minimum Gasteiger partial charge on any atom is -0.494 e. The molecule has 1 amide bonds. The van der Waals surface area contributed by atoms with Gasteiger partial charge in [-0.15, -0.1) is 0 Å². The predicted octanol–water partition coefficient (Wildman–Crippen LogP) is 2.71. The van der Waals surface area contributed by atoms with Crippen LogP contribution in [-0.4, -0.2) is 39.8 Å². The van der Waals surface area contributed by atoms with Gasteiger partial charge in [0.15, 0.2) is 0 Å². The topological polar surface area (TPSA) is 106 Å². The van der Waals surface area contributed by atoms with Crippen LogP contribution in [0.15, 0.2) is 30.5 Å². The molecule has 9 nitrogen and oxygen atoms in total. The Morgan fingerprint density at radius 3 is 2.69 bits per heavy atom. The van der Waals surface area contributed by atoms with Crippen LogP contribution >= 0.6 is 0 Å². The highest BCUT2D eigenvalue weighted by atomic mass is 16.5. The lowest BCUT2D eigenvalue weighted by Gasteiger charge is -2.12. The van der Waals surface area contributed by atoms with Crippen molar-refractivity contribution < 1.29 is 9.53 Å². The molecule has 0 saturated carbocycles. The van der Waals surface area contributed by atoms with E-state index >= 15 is 0 Å². The number of nitrogens with one attached hydrogen (secondary N) is 3. The van der Waals surface area contributed by atoms with Crippen LogP contribution < -0.4 is 20.7 Å². The average molecular weight is 395 g/mol. The molecule has 2 heterocycles. The molecule has 0 spiro atoms. The van der Waals surface area contributed by atoms with Crippen molar-refractivity contribution >= 4 is 23.4 Å². The number of benzene rings is 1. The molecule has 3 N–H and O–H groups in total. The van der Waals surface area contributed by atoms with Crippen LogP contribution in [-0.2, 0) is 11.3 Å². The van der Waals surface area contributed by atoms with Gasteiger partial charge in [0.2, 0.25) is 11.9 Å². The van der Waals surface area contributed by atoms with Crippen LogP contribution in [0.3, 0.4) is 0 Å². The molecule has 3 aromatic rings. The van der Waals surface area contributed by atoms with Gasteiger partial charge in [-0.3, -0.25) is 4.79 Å². The summed E-state index contributed by atoms with van der Waals surface area (Å²) in [6, 6.07) is 7.53. The van der Waals surface area contributed by atoms with Crippen LogP contribution in [0.5, 0.6) is 5.75 Å². The molecule has 3 rings (SSSR count). The first-order chi connectivity index (χ1) is 13.9. The quantitative estimate of drug-likeness (QED) is 0.565. The summed E-state index contributed by atoms with van der Waals surface area (Å²) in [4.78, 5) is 20.1. The van der Waals surface area contributed by atoms with Crippen LogP contribution in [0.2, 0.25) is 0 Å². The molecule has 0 unspecified atom stereocenters. The van der Waals surface area contributed by atoms with E-state index in [1.807, 2.05) is 51.4 Å². The summed E-state index contributed by atoms with van der Waals surface area (Å²) in [5, 5.41) is 13.6. The van der Waals surface area contributed by atoms with E-state index in [9.17, 15) is 4.79 Å². The van der Waals surface area contributed by atoms with Crippen molar-refractivity contribution in [1.82, 2.24) is 25.1 Å². The van der Waals surface area contributed by atoms with Gasteiger partial charge in [0, 0.05) is 37.6 Å². The fourth-order valence-electron chi connectivity index (χ4n) is 2.83. The molecule has 2 aromatic heterocycles. The van der Waals surface area contributed by atoms with Gasteiger partial charge in [-0.05, 0) is 37.6 Å². The van der Waals surface area contributed by atoms with E-state index < -0.39 is 0 Å². The zero-order valence-corrected chi connectivity index (χ0v) is 17.2. The first-order valence-electron chi connectivity index (χ1n) is 9.18. The summed E-state index contributed by atoms with van der Waals surface area (Å²) in [6.07, 6.45) is 1.90. The maximum atomic E-state index is 11.2. The summed E-state index contributed by atoms with van der Waals surface area (Å²) in [5.41, 5.74) is 4.17. The van der Waals surface area contributed by atoms with Crippen LogP contribution in [0.4, 0.5) is 17.5 Å². The molecular formula is C20H25N7O2. The number of aryl methyl sites for hydroxylation is 2. The maximum Gasteiger partial charge on any atom is 0.229 e. The van der Waals surface area contributed by atoms with E-state index in [-0.39, 0.29) is 5.91 Å². The van der Waals surface area contributed by atoms with Crippen molar-refractivity contribution in [3.8, 4) is 11.4 Å². The lowest BCUT2D eigenvalue weighted by atomic mass is 10.2. The molecular weight excluding hydrogens is 370 g/mol. The molecule has 9 heteroatoms. The van der Waals surface area contributed by atoms with Crippen molar-refractivity contribution in [3.05, 3.63) is 47.4 Å². The smallest absolute Gasteiger partial charge is 0.229 e. The minimum atomic E-state index is -0.0955. The van der Waals surface area contributed by atoms with Crippen molar-refractivity contribution in [2.75, 3.05) is 24.8 Å². The van der Waals surface area contributed by atoms with Gasteiger partial charge in [0.1, 0.15) is 17.3 Å². The van der Waals surface area contributed by atoms with Crippen LogP contribution in [0, 0.1) is 13.8 Å². The molecule has 0 saturated heterocycles. The van der Waals surface area contributed by atoms with Crippen molar-refractivity contribution in [1.29, 1.82) is 0 Å². The summed E-state index contributed by atoms with van der Waals surface area (Å²) in [5.74, 6) is 1.81. The normalized spacial score (nSPS) is 10.5. The van der Waals surface area contributed by atoms with Gasteiger partial charge in [-0.1, -0.05) is 0 Å². The van der Waals surface area contributed by atoms with Crippen molar-refractivity contribution in [2.24, 2.45) is 0 Å². The maximum absolute atomic E-state index is 11.2. The van der Waals surface area contributed by atoms with Gasteiger partial charge in [0.05, 0.1) is 19.3 Å². The third kappa shape index (κ3) is 4.81. The van der Waals surface area contributed by atoms with E-state index in [2.05, 4.69) is 31.0 Å². The molecule has 0 fully saturated rings. The lowest BCUT2D eigenvalue weighted by molar-refractivity contribution is -0.119. The third-order valence-corrected chi connectivity index (χ3v) is 4.30. The number of carbonyl (C=O) groups excluding carboxylic acids is 1. The number of rotatable bonds is 7. The van der Waals surface area contributed by atoms with E-state index in [4.69, 9.17) is 4.74 Å². The highest BCUT2D eigenvalue weighted by molar-refractivity contribution is 5.72. The molecule has 0 aliphatic carbocycles. The lowest BCUT2D eigenvalue weighted by Crippen LogP contribution is -2.19. The summed E-state index contributed by atoms with van der Waals surface area (Å²) in [6.45, 7) is 5.72. The minimum absolute atomic E-state index is 0.0955. The number of hydrogen-bond acceptors (Lipinski definition) is 7. The molecule has 0 aliphatic heterocycles. The molecule has 0 atom stereocenters. The molecule has 0 bridgehead atoms. The number of ether oxygens (including phenoxy) is 1. The highest BCUT2D eigenvalue weighted by Gasteiger charge is 2.13. The SMILES string of the molecule is CNc1cc(C)nc(Nc2ccc(OC)c(-n3cc(C)c(CNC(C)=O)n3)c2)n1. The monoisotopic (exact) mass is 395 g/mol. The van der Waals surface area contributed by atoms with E-state index in [1.165, 1.54) is 6.92 Å². The van der Waals surface area contributed by atoms with Gasteiger partial charge in [0.25, 0.3) is 0 Å². The van der Waals surface area contributed by atoms with Gasteiger partial charge >= 0.3 is 0 Å². The zero-order valence-electron chi connectivity index (χ0n) is 17.2. The number of aromatic nitrogens is 4. The van der Waals surface area contributed by atoms with Crippen LogP contribution in [0.25, 0.3) is 5.69 Å². The van der Waals surface area contributed by atoms with Crippen LogP contribution in [0.1, 0.15) is 23.9 Å². The predicted molar refractivity (Wildman–Crippen MR) is 112 cm³/mol. The standard InChI is InChI=1S/C20H25N7O2/c1-12-11-27(26-16(12)10-22-14(3)28)17-9-15(6-7-18(17)29-5)24-20-23-13(2)8-19(21-4)25-20/h6-9,11H,10H2,1-5H3,(H,22,28)(H2,21,23,24,25). The third-order valence-electron chi connectivity index (χ3n) is 4.30. The largest absolute Gasteiger partial charge is 0.494 e. The molecule has 0 radical (unpaired) electrons. The Morgan fingerprint density at radius 2 is 2.00 bits per heavy atom. The Hall–Kier alpha value is -3.62. The molecule has 29 heavy (non-hydrogen) atoms. The summed E-state index contributed by atoms with van der Waals surface area (Å²) < 4.78 is 7.25. The van der Waals surface area contributed by atoms with Crippen molar-refractivity contribution in [3.63, 3.8) is 0 Å². The number of anilines is 3.